The fourth-order valence-electron chi connectivity index (χ4n) is 2.64. The maximum atomic E-state index is 11.5. The normalized spacial score (nSPS) is 12.6. The van der Waals surface area contributed by atoms with E-state index in [1.54, 1.807) is 19.2 Å². The molecular weight excluding hydrogens is 501 g/mol. The summed E-state index contributed by atoms with van der Waals surface area (Å²) in [6.07, 6.45) is 1.96. The molecule has 2 aromatic carbocycles. The van der Waals surface area contributed by atoms with Crippen LogP contribution in [-0.4, -0.2) is 46.9 Å². The smallest absolute Gasteiger partial charge is 0.191 e. The fraction of sp³-hybridized carbons (Fsp3) is 0.381. The molecule has 0 radical (unpaired) electrons. The fourth-order valence-corrected chi connectivity index (χ4v) is 3.27. The van der Waals surface area contributed by atoms with Crippen molar-refractivity contribution in [1.82, 2.24) is 10.6 Å². The first-order valence-electron chi connectivity index (χ1n) is 9.25. The topological polar surface area (TPSA) is 79.8 Å². The summed E-state index contributed by atoms with van der Waals surface area (Å²) < 4.78 is 29.0. The van der Waals surface area contributed by atoms with Crippen LogP contribution in [0.4, 0.5) is 0 Å². The molecule has 0 aliphatic rings. The molecule has 6 nitrogen and oxygen atoms in total. The van der Waals surface area contributed by atoms with E-state index in [9.17, 15) is 8.42 Å². The third-order valence-corrected chi connectivity index (χ3v) is 5.39. The van der Waals surface area contributed by atoms with Crippen LogP contribution < -0.4 is 15.4 Å². The molecule has 29 heavy (non-hydrogen) atoms. The Labute approximate surface area is 191 Å². The van der Waals surface area contributed by atoms with Crippen molar-refractivity contribution >= 4 is 39.8 Å². The Morgan fingerprint density at radius 2 is 1.76 bits per heavy atom. The van der Waals surface area contributed by atoms with Gasteiger partial charge in [-0.1, -0.05) is 30.3 Å². The van der Waals surface area contributed by atoms with E-state index >= 15 is 0 Å². The van der Waals surface area contributed by atoms with E-state index in [0.717, 1.165) is 23.3 Å². The minimum absolute atomic E-state index is 0. The van der Waals surface area contributed by atoms with Gasteiger partial charge in [-0.25, -0.2) is 8.42 Å². The van der Waals surface area contributed by atoms with Crippen molar-refractivity contribution in [2.45, 2.75) is 31.3 Å². The Balaban J connectivity index is 0.00000420. The average molecular weight is 531 g/mol. The zero-order chi connectivity index (χ0) is 20.6. The minimum atomic E-state index is -3.16. The SMILES string of the molecule is CN=C(NCCc1ccc(S(C)(=O)=O)cc1)NCC(C)Oc1ccccc1C.I. The van der Waals surface area contributed by atoms with E-state index in [2.05, 4.69) is 15.6 Å². The molecule has 0 saturated carbocycles. The van der Waals surface area contributed by atoms with Gasteiger partial charge < -0.3 is 15.4 Å². The van der Waals surface area contributed by atoms with Gasteiger partial charge in [-0.2, -0.15) is 0 Å². The number of nitrogens with one attached hydrogen (secondary N) is 2. The summed E-state index contributed by atoms with van der Waals surface area (Å²) in [6.45, 7) is 5.34. The van der Waals surface area contributed by atoms with Crippen molar-refractivity contribution in [3.05, 3.63) is 59.7 Å². The van der Waals surface area contributed by atoms with Gasteiger partial charge in [-0.15, -0.1) is 24.0 Å². The molecule has 0 fully saturated rings. The van der Waals surface area contributed by atoms with Crippen LogP contribution in [0.1, 0.15) is 18.1 Å². The maximum Gasteiger partial charge on any atom is 0.191 e. The molecule has 0 aliphatic heterocycles. The summed E-state index contributed by atoms with van der Waals surface area (Å²) in [7, 11) is -1.43. The van der Waals surface area contributed by atoms with Crippen molar-refractivity contribution in [3.63, 3.8) is 0 Å². The van der Waals surface area contributed by atoms with Gasteiger partial charge in [0, 0.05) is 19.8 Å². The second kappa shape index (κ2) is 12.0. The van der Waals surface area contributed by atoms with Crippen molar-refractivity contribution in [1.29, 1.82) is 0 Å². The van der Waals surface area contributed by atoms with Gasteiger partial charge in [-0.3, -0.25) is 4.99 Å². The van der Waals surface area contributed by atoms with Crippen LogP contribution >= 0.6 is 24.0 Å². The van der Waals surface area contributed by atoms with Crippen LogP contribution in [0.5, 0.6) is 5.75 Å². The number of aryl methyl sites for hydroxylation is 1. The molecule has 160 valence electrons. The Hall–Kier alpha value is -1.81. The average Bonchev–Trinajstić information content (AvgIpc) is 2.66. The molecular formula is C21H30IN3O3S. The molecule has 2 rings (SSSR count). The zero-order valence-corrected chi connectivity index (χ0v) is 20.5. The van der Waals surface area contributed by atoms with Crippen LogP contribution in [0.15, 0.2) is 58.4 Å². The highest BCUT2D eigenvalue weighted by atomic mass is 127. The third-order valence-electron chi connectivity index (χ3n) is 4.26. The summed E-state index contributed by atoms with van der Waals surface area (Å²) in [5, 5.41) is 6.52. The van der Waals surface area contributed by atoms with Crippen LogP contribution in [0.3, 0.4) is 0 Å². The van der Waals surface area contributed by atoms with Gasteiger partial charge in [0.05, 0.1) is 11.4 Å². The second-order valence-corrected chi connectivity index (χ2v) is 8.76. The first-order chi connectivity index (χ1) is 13.3. The lowest BCUT2D eigenvalue weighted by Gasteiger charge is -2.18. The molecule has 0 spiro atoms. The van der Waals surface area contributed by atoms with Gasteiger partial charge in [-0.05, 0) is 49.6 Å². The quantitative estimate of drug-likeness (QED) is 0.311. The highest BCUT2D eigenvalue weighted by molar-refractivity contribution is 14.0. The molecule has 8 heteroatoms. The Kier molecular flexibility index (Phi) is 10.5. The number of rotatable bonds is 8. The van der Waals surface area contributed by atoms with E-state index in [0.29, 0.717) is 23.9 Å². The number of halogens is 1. The largest absolute Gasteiger partial charge is 0.489 e. The predicted molar refractivity (Wildman–Crippen MR) is 129 cm³/mol. The number of sulfone groups is 1. The van der Waals surface area contributed by atoms with Crippen molar-refractivity contribution in [2.75, 3.05) is 26.4 Å². The molecule has 1 unspecified atom stereocenters. The highest BCUT2D eigenvalue weighted by Crippen LogP contribution is 2.17. The molecule has 1 atom stereocenters. The number of guanidine groups is 1. The number of benzene rings is 2. The van der Waals surface area contributed by atoms with Crippen LogP contribution in [0, 0.1) is 6.92 Å². The van der Waals surface area contributed by atoms with Gasteiger partial charge in [0.1, 0.15) is 11.9 Å². The maximum absolute atomic E-state index is 11.5. The number of para-hydroxylation sites is 1. The Bertz CT molecular complexity index is 900. The van der Waals surface area contributed by atoms with Crippen LogP contribution in [0.25, 0.3) is 0 Å². The Morgan fingerprint density at radius 1 is 1.10 bits per heavy atom. The molecule has 0 aromatic heterocycles. The first-order valence-corrected chi connectivity index (χ1v) is 11.1. The summed E-state index contributed by atoms with van der Waals surface area (Å²) in [4.78, 5) is 4.56. The molecule has 0 bridgehead atoms. The number of hydrogen-bond acceptors (Lipinski definition) is 4. The summed E-state index contributed by atoms with van der Waals surface area (Å²) in [5.74, 6) is 1.59. The number of aliphatic imine (C=N–C) groups is 1. The third kappa shape index (κ3) is 8.61. The molecule has 0 aliphatic carbocycles. The summed E-state index contributed by atoms with van der Waals surface area (Å²) in [6, 6.07) is 14.9. The van der Waals surface area contributed by atoms with Crippen molar-refractivity contribution < 1.29 is 13.2 Å². The second-order valence-electron chi connectivity index (χ2n) is 6.74. The van der Waals surface area contributed by atoms with E-state index in [-0.39, 0.29) is 30.1 Å². The zero-order valence-electron chi connectivity index (χ0n) is 17.3. The van der Waals surface area contributed by atoms with Gasteiger partial charge >= 0.3 is 0 Å². The minimum Gasteiger partial charge on any atom is -0.489 e. The van der Waals surface area contributed by atoms with E-state index in [1.807, 2.05) is 50.2 Å². The first kappa shape index (κ1) is 25.2. The van der Waals surface area contributed by atoms with E-state index in [4.69, 9.17) is 4.74 Å². The van der Waals surface area contributed by atoms with E-state index < -0.39 is 9.84 Å². The van der Waals surface area contributed by atoms with Crippen molar-refractivity contribution in [3.8, 4) is 5.75 Å². The highest BCUT2D eigenvalue weighted by Gasteiger charge is 2.08. The molecule has 0 saturated heterocycles. The number of ether oxygens (including phenoxy) is 1. The van der Waals surface area contributed by atoms with Crippen LogP contribution in [-0.2, 0) is 16.3 Å². The number of nitrogens with zero attached hydrogens (tertiary/aromatic N) is 1. The monoisotopic (exact) mass is 531 g/mol. The molecule has 2 N–H and O–H groups in total. The number of hydrogen-bond donors (Lipinski definition) is 2. The summed E-state index contributed by atoms with van der Waals surface area (Å²) >= 11 is 0. The van der Waals surface area contributed by atoms with Crippen molar-refractivity contribution in [2.24, 2.45) is 4.99 Å². The lowest BCUT2D eigenvalue weighted by Crippen LogP contribution is -2.42. The molecule has 2 aromatic rings. The molecule has 0 heterocycles. The van der Waals surface area contributed by atoms with Gasteiger partial charge in [0.2, 0.25) is 0 Å². The van der Waals surface area contributed by atoms with Gasteiger partial charge in [0.25, 0.3) is 0 Å². The molecule has 0 amide bonds. The standard InChI is InChI=1S/C21H29N3O3S.HI/c1-16-7-5-6-8-20(16)27-17(2)15-24-21(22-3)23-14-13-18-9-11-19(12-10-18)28(4,25)26;/h5-12,17H,13-15H2,1-4H3,(H2,22,23,24);1H. The Morgan fingerprint density at radius 3 is 2.34 bits per heavy atom. The summed E-state index contributed by atoms with van der Waals surface area (Å²) in [5.41, 5.74) is 2.17. The van der Waals surface area contributed by atoms with Crippen LogP contribution in [0.2, 0.25) is 0 Å². The van der Waals surface area contributed by atoms with E-state index in [1.165, 1.54) is 6.26 Å². The van der Waals surface area contributed by atoms with Gasteiger partial charge in [0.15, 0.2) is 15.8 Å². The lowest BCUT2D eigenvalue weighted by atomic mass is 10.1. The lowest BCUT2D eigenvalue weighted by molar-refractivity contribution is 0.222. The predicted octanol–water partition coefficient (Wildman–Crippen LogP) is 3.19.